The molecule has 1 fully saturated rings. The second-order valence-electron chi connectivity index (χ2n) is 7.87. The third-order valence-corrected chi connectivity index (χ3v) is 5.26. The first-order chi connectivity index (χ1) is 17.2. The number of hydrogen-bond acceptors (Lipinski definition) is 10. The molecule has 12 nitrogen and oxygen atoms in total. The van der Waals surface area contributed by atoms with Gasteiger partial charge < -0.3 is 24.3 Å². The van der Waals surface area contributed by atoms with Gasteiger partial charge in [0.25, 0.3) is 0 Å². The maximum absolute atomic E-state index is 12.0. The smallest absolute Gasteiger partial charge is 0.415 e. The molecule has 0 unspecified atom stereocenters. The van der Waals surface area contributed by atoms with Gasteiger partial charge in [0.2, 0.25) is 12.7 Å². The van der Waals surface area contributed by atoms with E-state index in [-0.39, 0.29) is 30.8 Å². The van der Waals surface area contributed by atoms with E-state index >= 15 is 0 Å². The zero-order valence-corrected chi connectivity index (χ0v) is 19.7. The van der Waals surface area contributed by atoms with E-state index in [1.54, 1.807) is 24.3 Å². The zero-order valence-electron chi connectivity index (χ0n) is 19.7. The van der Waals surface area contributed by atoms with Gasteiger partial charge in [0.05, 0.1) is 31.2 Å². The molecule has 190 valence electrons. The molecule has 1 aromatic heterocycles. The Labute approximate surface area is 206 Å². The van der Waals surface area contributed by atoms with Gasteiger partial charge in [-0.15, -0.1) is 0 Å². The normalized spacial score (nSPS) is 16.4. The van der Waals surface area contributed by atoms with Crippen molar-refractivity contribution >= 4 is 29.8 Å². The summed E-state index contributed by atoms with van der Waals surface area (Å²) >= 11 is 0. The van der Waals surface area contributed by atoms with E-state index < -0.39 is 30.7 Å². The first-order valence-electron chi connectivity index (χ1n) is 11.0. The number of carbonyl (C=O) groups excluding carboxylic acids is 4. The lowest BCUT2D eigenvalue weighted by atomic mass is 10.0. The number of nitrogens with zero attached hydrogens (tertiary/aromatic N) is 1. The number of rotatable bonds is 9. The fourth-order valence-corrected chi connectivity index (χ4v) is 3.41. The third-order valence-electron chi connectivity index (χ3n) is 5.26. The van der Waals surface area contributed by atoms with Crippen LogP contribution < -0.4 is 15.4 Å². The van der Waals surface area contributed by atoms with Crippen molar-refractivity contribution in [3.8, 4) is 17.0 Å². The quantitative estimate of drug-likeness (QED) is 0.202. The van der Waals surface area contributed by atoms with E-state index in [9.17, 15) is 19.2 Å². The zero-order chi connectivity index (χ0) is 26.1. The summed E-state index contributed by atoms with van der Waals surface area (Å²) in [4.78, 5) is 50.0. The van der Waals surface area contributed by atoms with E-state index in [0.717, 1.165) is 5.56 Å². The second-order valence-corrected chi connectivity index (χ2v) is 7.87. The lowest BCUT2D eigenvalue weighted by Gasteiger charge is -2.12. The molecule has 3 rings (SSSR count). The highest BCUT2D eigenvalue weighted by molar-refractivity contribution is 6.04. The van der Waals surface area contributed by atoms with Crippen molar-refractivity contribution in [1.82, 2.24) is 15.6 Å². The number of methoxy groups -OCH3 is 1. The highest BCUT2D eigenvalue weighted by Gasteiger charge is 2.34. The van der Waals surface area contributed by atoms with E-state index in [1.165, 1.54) is 20.2 Å². The van der Waals surface area contributed by atoms with Crippen molar-refractivity contribution in [2.24, 2.45) is 5.92 Å². The molecule has 0 radical (unpaired) electrons. The predicted molar refractivity (Wildman–Crippen MR) is 125 cm³/mol. The Morgan fingerprint density at radius 1 is 1.14 bits per heavy atom. The molecule has 2 atom stereocenters. The predicted octanol–water partition coefficient (Wildman–Crippen LogP) is 1.77. The molecule has 0 bridgehead atoms. The van der Waals surface area contributed by atoms with Gasteiger partial charge in [-0.2, -0.15) is 0 Å². The van der Waals surface area contributed by atoms with Crippen LogP contribution in [0.3, 0.4) is 0 Å². The first-order valence-corrected chi connectivity index (χ1v) is 11.0. The van der Waals surface area contributed by atoms with Crippen LogP contribution in [0.1, 0.15) is 25.3 Å². The molecule has 0 spiro atoms. The van der Waals surface area contributed by atoms with Crippen molar-refractivity contribution in [2.45, 2.75) is 25.8 Å². The Balaban J connectivity index is 1.48. The minimum absolute atomic E-state index is 0.0506. The molecule has 2 heterocycles. The Morgan fingerprint density at radius 3 is 2.53 bits per heavy atom. The van der Waals surface area contributed by atoms with Crippen LogP contribution in [0.15, 0.2) is 42.6 Å². The fraction of sp³-hybridized carbons (Fsp3) is 0.333. The standard InChI is InChI=1S/C24H26N4O8/c1-14(29)35-13-36-24(32)28-22(25)16-5-8-20(26-11-16)15-3-6-19(7-4-15)34-12-18-9-17(23(31)27-18)10-21(30)33-2/h3-8,11,17-18H,9-10,12-13H2,1-2H3,(H,27,31)(H2,25,28,32)/t17-,18-/m0/s1. The van der Waals surface area contributed by atoms with E-state index in [4.69, 9.17) is 10.1 Å². The molecule has 2 amide bonds. The highest BCUT2D eigenvalue weighted by atomic mass is 16.7. The number of amidine groups is 1. The average molecular weight is 498 g/mol. The monoisotopic (exact) mass is 498 g/mol. The van der Waals surface area contributed by atoms with Crippen molar-refractivity contribution < 1.29 is 38.1 Å². The summed E-state index contributed by atoms with van der Waals surface area (Å²) in [6.45, 7) is 0.906. The van der Waals surface area contributed by atoms with Gasteiger partial charge >= 0.3 is 18.0 Å². The highest BCUT2D eigenvalue weighted by Crippen LogP contribution is 2.23. The summed E-state index contributed by atoms with van der Waals surface area (Å²) in [6, 6.07) is 10.3. The number of pyridine rings is 1. The van der Waals surface area contributed by atoms with Crippen molar-refractivity contribution in [3.63, 3.8) is 0 Å². The Hall–Kier alpha value is -4.48. The van der Waals surface area contributed by atoms with Gasteiger partial charge in [0.15, 0.2) is 0 Å². The molecule has 0 saturated carbocycles. The molecular weight excluding hydrogens is 472 g/mol. The van der Waals surface area contributed by atoms with Gasteiger partial charge in [0, 0.05) is 24.2 Å². The van der Waals surface area contributed by atoms with Gasteiger partial charge in [-0.1, -0.05) is 0 Å². The minimum Gasteiger partial charge on any atom is -0.491 e. The summed E-state index contributed by atoms with van der Waals surface area (Å²) < 4.78 is 19.5. The van der Waals surface area contributed by atoms with Crippen LogP contribution in [-0.2, 0) is 28.6 Å². The molecule has 36 heavy (non-hydrogen) atoms. The average Bonchev–Trinajstić information content (AvgIpc) is 3.21. The van der Waals surface area contributed by atoms with E-state index in [0.29, 0.717) is 23.4 Å². The van der Waals surface area contributed by atoms with Crippen molar-refractivity contribution in [3.05, 3.63) is 48.2 Å². The van der Waals surface area contributed by atoms with E-state index in [1.807, 2.05) is 12.1 Å². The molecule has 1 aliphatic rings. The number of hydrogen-bond donors (Lipinski definition) is 3. The van der Waals surface area contributed by atoms with Gasteiger partial charge in [-0.05, 0) is 42.8 Å². The third kappa shape index (κ3) is 7.52. The minimum atomic E-state index is -0.933. The molecule has 1 aromatic carbocycles. The maximum Gasteiger partial charge on any atom is 0.415 e. The maximum atomic E-state index is 12.0. The number of aromatic nitrogens is 1. The number of alkyl carbamates (subject to hydrolysis) is 1. The molecule has 1 aliphatic heterocycles. The lowest BCUT2D eigenvalue weighted by molar-refractivity contribution is -0.149. The first kappa shape index (κ1) is 26.1. The molecular formula is C24H26N4O8. The largest absolute Gasteiger partial charge is 0.491 e. The topological polar surface area (TPSA) is 166 Å². The summed E-state index contributed by atoms with van der Waals surface area (Å²) in [6.07, 6.45) is 1.05. The number of benzene rings is 1. The van der Waals surface area contributed by atoms with Crippen LogP contribution in [0.25, 0.3) is 11.3 Å². The molecule has 12 heteroatoms. The fourth-order valence-electron chi connectivity index (χ4n) is 3.41. The van der Waals surface area contributed by atoms with Crippen LogP contribution >= 0.6 is 0 Å². The van der Waals surface area contributed by atoms with Gasteiger partial charge in [-0.25, -0.2) is 4.79 Å². The second kappa shape index (κ2) is 12.3. The Morgan fingerprint density at radius 2 is 1.89 bits per heavy atom. The number of carbonyl (C=O) groups is 4. The van der Waals surface area contributed by atoms with Crippen molar-refractivity contribution in [2.75, 3.05) is 20.5 Å². The van der Waals surface area contributed by atoms with Crippen LogP contribution in [0.4, 0.5) is 4.79 Å². The van der Waals surface area contributed by atoms with Crippen LogP contribution in [-0.4, -0.2) is 61.3 Å². The van der Waals surface area contributed by atoms with Crippen LogP contribution in [0, 0.1) is 11.3 Å². The van der Waals surface area contributed by atoms with Gasteiger partial charge in [-0.3, -0.25) is 30.1 Å². The van der Waals surface area contributed by atoms with Crippen molar-refractivity contribution in [1.29, 1.82) is 5.41 Å². The summed E-state index contributed by atoms with van der Waals surface area (Å²) in [5.41, 5.74) is 1.80. The van der Waals surface area contributed by atoms with Gasteiger partial charge in [0.1, 0.15) is 18.2 Å². The summed E-state index contributed by atoms with van der Waals surface area (Å²) in [5, 5.41) is 13.0. The number of amides is 2. The molecule has 0 aliphatic carbocycles. The lowest BCUT2D eigenvalue weighted by Crippen LogP contribution is -2.31. The van der Waals surface area contributed by atoms with E-state index in [2.05, 4.69) is 29.8 Å². The number of nitrogens with one attached hydrogen (secondary N) is 3. The number of ether oxygens (including phenoxy) is 4. The number of esters is 2. The molecule has 3 N–H and O–H groups in total. The Bertz CT molecular complexity index is 1120. The summed E-state index contributed by atoms with van der Waals surface area (Å²) in [5.74, 6) is -1.21. The molecule has 1 saturated heterocycles. The summed E-state index contributed by atoms with van der Waals surface area (Å²) in [7, 11) is 1.29. The SMILES string of the molecule is COC(=O)C[C@@H]1C[C@@H](COc2ccc(-c3ccc(C(=N)NC(=O)OCOC(C)=O)cn3)cc2)NC1=O. The molecule has 2 aromatic rings. The van der Waals surface area contributed by atoms with Crippen LogP contribution in [0.5, 0.6) is 5.75 Å². The Kier molecular flexibility index (Phi) is 8.92. The van der Waals surface area contributed by atoms with Crippen LogP contribution in [0.2, 0.25) is 0 Å².